The Labute approximate surface area is 187 Å². The van der Waals surface area contributed by atoms with Crippen molar-refractivity contribution in [1.29, 1.82) is 0 Å². The van der Waals surface area contributed by atoms with Crippen LogP contribution in [0.5, 0.6) is 0 Å². The summed E-state index contributed by atoms with van der Waals surface area (Å²) in [6.45, 7) is 2.06. The molecule has 2 aromatic carbocycles. The van der Waals surface area contributed by atoms with E-state index in [1.165, 1.54) is 12.1 Å². The normalized spacial score (nSPS) is 17.2. The van der Waals surface area contributed by atoms with Gasteiger partial charge in [-0.2, -0.15) is 4.98 Å². The van der Waals surface area contributed by atoms with Gasteiger partial charge in [-0.25, -0.2) is 9.37 Å². The van der Waals surface area contributed by atoms with Gasteiger partial charge in [0.2, 0.25) is 17.3 Å². The lowest BCUT2D eigenvalue weighted by atomic mass is 9.98. The number of nitrogens with zero attached hydrogens (tertiary/aromatic N) is 4. The predicted octanol–water partition coefficient (Wildman–Crippen LogP) is 4.24. The summed E-state index contributed by atoms with van der Waals surface area (Å²) in [5, 5.41) is 4.87. The maximum absolute atomic E-state index is 13.5. The van der Waals surface area contributed by atoms with E-state index in [1.54, 1.807) is 12.1 Å². The SMILES string of the molecule is O=c1[nH]c(CN2CCCC(c3nc(-c4cccc(F)c4)no3)C2)nc2c1oc1ccccc12. The van der Waals surface area contributed by atoms with Crippen LogP contribution in [0.3, 0.4) is 0 Å². The lowest BCUT2D eigenvalue weighted by molar-refractivity contribution is 0.177. The molecular weight excluding hydrogens is 425 g/mol. The summed E-state index contributed by atoms with van der Waals surface area (Å²) in [4.78, 5) is 26.9. The van der Waals surface area contributed by atoms with Crippen molar-refractivity contribution in [2.45, 2.75) is 25.3 Å². The molecule has 0 amide bonds. The topological polar surface area (TPSA) is 101 Å². The molecule has 6 rings (SSSR count). The van der Waals surface area contributed by atoms with E-state index in [4.69, 9.17) is 13.9 Å². The third-order valence-electron chi connectivity index (χ3n) is 6.03. The average molecular weight is 445 g/mol. The fourth-order valence-electron chi connectivity index (χ4n) is 4.48. The van der Waals surface area contributed by atoms with Gasteiger partial charge in [0, 0.05) is 17.5 Å². The number of halogens is 1. The van der Waals surface area contributed by atoms with E-state index in [-0.39, 0.29) is 22.9 Å². The number of fused-ring (bicyclic) bond motifs is 3. The molecule has 166 valence electrons. The Bertz CT molecular complexity index is 1520. The number of benzene rings is 2. The molecule has 1 aliphatic heterocycles. The summed E-state index contributed by atoms with van der Waals surface area (Å²) in [6.07, 6.45) is 1.86. The van der Waals surface area contributed by atoms with Crippen LogP contribution in [0.2, 0.25) is 0 Å². The van der Waals surface area contributed by atoms with E-state index >= 15 is 0 Å². The number of piperidine rings is 1. The number of aromatic amines is 1. The van der Waals surface area contributed by atoms with Crippen LogP contribution in [0.1, 0.15) is 30.5 Å². The van der Waals surface area contributed by atoms with Crippen LogP contribution in [-0.2, 0) is 6.54 Å². The number of likely N-dealkylation sites (tertiary alicyclic amines) is 1. The lowest BCUT2D eigenvalue weighted by Crippen LogP contribution is -2.35. The first-order chi connectivity index (χ1) is 16.1. The van der Waals surface area contributed by atoms with Crippen molar-refractivity contribution in [3.05, 3.63) is 76.4 Å². The van der Waals surface area contributed by atoms with E-state index in [9.17, 15) is 9.18 Å². The highest BCUT2D eigenvalue weighted by Crippen LogP contribution is 2.29. The van der Waals surface area contributed by atoms with Crippen molar-refractivity contribution < 1.29 is 13.3 Å². The summed E-state index contributed by atoms with van der Waals surface area (Å²) >= 11 is 0. The highest BCUT2D eigenvalue weighted by atomic mass is 19.1. The number of H-pyrrole nitrogens is 1. The molecule has 4 heterocycles. The molecular formula is C24H20FN5O3. The number of aromatic nitrogens is 4. The largest absolute Gasteiger partial charge is 0.449 e. The van der Waals surface area contributed by atoms with Gasteiger partial charge >= 0.3 is 0 Å². The van der Waals surface area contributed by atoms with E-state index in [2.05, 4.69) is 20.0 Å². The molecule has 0 saturated carbocycles. The molecule has 5 aromatic rings. The zero-order valence-corrected chi connectivity index (χ0v) is 17.6. The molecule has 3 aromatic heterocycles. The predicted molar refractivity (Wildman–Crippen MR) is 119 cm³/mol. The van der Waals surface area contributed by atoms with Crippen molar-refractivity contribution in [1.82, 2.24) is 25.0 Å². The minimum absolute atomic E-state index is 0.0544. The summed E-state index contributed by atoms with van der Waals surface area (Å²) < 4.78 is 24.7. The molecule has 0 aliphatic carbocycles. The maximum Gasteiger partial charge on any atom is 0.294 e. The van der Waals surface area contributed by atoms with Crippen molar-refractivity contribution in [2.75, 3.05) is 13.1 Å². The minimum Gasteiger partial charge on any atom is -0.449 e. The first-order valence-corrected chi connectivity index (χ1v) is 10.9. The monoisotopic (exact) mass is 445 g/mol. The van der Waals surface area contributed by atoms with Crippen molar-refractivity contribution >= 4 is 22.1 Å². The van der Waals surface area contributed by atoms with Crippen molar-refractivity contribution in [3.8, 4) is 11.4 Å². The van der Waals surface area contributed by atoms with Gasteiger partial charge in [0.15, 0.2) is 0 Å². The second kappa shape index (κ2) is 7.93. The molecule has 1 unspecified atom stereocenters. The van der Waals surface area contributed by atoms with Crippen LogP contribution >= 0.6 is 0 Å². The Morgan fingerprint density at radius 3 is 2.97 bits per heavy atom. The molecule has 0 bridgehead atoms. The zero-order chi connectivity index (χ0) is 22.4. The van der Waals surface area contributed by atoms with E-state index < -0.39 is 0 Å². The summed E-state index contributed by atoms with van der Waals surface area (Å²) in [7, 11) is 0. The molecule has 0 radical (unpaired) electrons. The zero-order valence-electron chi connectivity index (χ0n) is 17.6. The summed E-state index contributed by atoms with van der Waals surface area (Å²) in [5.74, 6) is 1.22. The van der Waals surface area contributed by atoms with Gasteiger partial charge in [-0.15, -0.1) is 0 Å². The van der Waals surface area contributed by atoms with E-state index in [0.29, 0.717) is 47.3 Å². The van der Waals surface area contributed by atoms with Crippen LogP contribution < -0.4 is 5.56 Å². The maximum atomic E-state index is 13.5. The van der Waals surface area contributed by atoms with Gasteiger partial charge < -0.3 is 13.9 Å². The molecule has 9 heteroatoms. The van der Waals surface area contributed by atoms with Gasteiger partial charge in [-0.3, -0.25) is 9.69 Å². The van der Waals surface area contributed by atoms with Crippen LogP contribution in [-0.4, -0.2) is 38.1 Å². The van der Waals surface area contributed by atoms with Crippen LogP contribution in [0.15, 0.2) is 62.3 Å². The Morgan fingerprint density at radius 2 is 2.06 bits per heavy atom. The Balaban J connectivity index is 1.23. The molecule has 1 N–H and O–H groups in total. The number of furan rings is 1. The first-order valence-electron chi connectivity index (χ1n) is 10.9. The van der Waals surface area contributed by atoms with E-state index in [1.807, 2.05) is 24.3 Å². The number of para-hydroxylation sites is 1. The van der Waals surface area contributed by atoms with Crippen molar-refractivity contribution in [3.63, 3.8) is 0 Å². The van der Waals surface area contributed by atoms with E-state index in [0.717, 1.165) is 24.8 Å². The summed E-state index contributed by atoms with van der Waals surface area (Å²) in [6, 6.07) is 13.6. The molecule has 33 heavy (non-hydrogen) atoms. The number of nitrogens with one attached hydrogen (secondary N) is 1. The molecule has 1 fully saturated rings. The van der Waals surface area contributed by atoms with Gasteiger partial charge in [0.25, 0.3) is 5.56 Å². The molecule has 1 aliphatic rings. The van der Waals surface area contributed by atoms with Gasteiger partial charge in [0.05, 0.1) is 12.5 Å². The Morgan fingerprint density at radius 1 is 1.15 bits per heavy atom. The lowest BCUT2D eigenvalue weighted by Gasteiger charge is -2.30. The number of hydrogen-bond acceptors (Lipinski definition) is 7. The summed E-state index contributed by atoms with van der Waals surface area (Å²) in [5.41, 5.74) is 1.77. The fourth-order valence-corrected chi connectivity index (χ4v) is 4.48. The molecule has 0 spiro atoms. The number of rotatable bonds is 4. The van der Waals surface area contributed by atoms with Crippen molar-refractivity contribution in [2.24, 2.45) is 0 Å². The smallest absolute Gasteiger partial charge is 0.294 e. The Hall–Kier alpha value is -3.85. The average Bonchev–Trinajstić information content (AvgIpc) is 3.45. The quantitative estimate of drug-likeness (QED) is 0.442. The standard InChI is InChI=1S/C24H20FN5O3/c25-16-7-3-5-14(11-16)22-28-24(33-29-22)15-6-4-10-30(12-15)13-19-26-20-17-8-1-2-9-18(17)32-21(20)23(31)27-19/h1-3,5,7-9,11,15H,4,6,10,12-13H2,(H,26,27,31). The van der Waals surface area contributed by atoms with Crippen LogP contribution in [0, 0.1) is 5.82 Å². The highest BCUT2D eigenvalue weighted by Gasteiger charge is 2.27. The minimum atomic E-state index is -0.341. The second-order valence-electron chi connectivity index (χ2n) is 8.33. The van der Waals surface area contributed by atoms with Crippen LogP contribution in [0.4, 0.5) is 4.39 Å². The fraction of sp³-hybridized carbons (Fsp3) is 0.250. The first kappa shape index (κ1) is 19.8. The third kappa shape index (κ3) is 3.70. The molecule has 1 atom stereocenters. The van der Waals surface area contributed by atoms with Gasteiger partial charge in [-0.05, 0) is 43.7 Å². The van der Waals surface area contributed by atoms with Gasteiger partial charge in [-0.1, -0.05) is 29.4 Å². The molecule has 1 saturated heterocycles. The highest BCUT2D eigenvalue weighted by molar-refractivity contribution is 6.01. The second-order valence-corrected chi connectivity index (χ2v) is 8.33. The third-order valence-corrected chi connectivity index (χ3v) is 6.03. The van der Waals surface area contributed by atoms with Crippen LogP contribution in [0.25, 0.3) is 33.5 Å². The van der Waals surface area contributed by atoms with Gasteiger partial charge in [0.1, 0.15) is 22.7 Å². The Kier molecular flexibility index (Phi) is 4.76. The number of hydrogen-bond donors (Lipinski definition) is 1. The molecule has 8 nitrogen and oxygen atoms in total.